The molecule has 0 N–H and O–H groups in total. The zero-order valence-corrected chi connectivity index (χ0v) is 47.7. The lowest BCUT2D eigenvalue weighted by atomic mass is 9.99. The van der Waals surface area contributed by atoms with Crippen LogP contribution in [-0.4, -0.2) is 141 Å². The van der Waals surface area contributed by atoms with Gasteiger partial charge in [0.2, 0.25) is 5.79 Å². The van der Waals surface area contributed by atoms with Gasteiger partial charge in [0.05, 0.1) is 19.8 Å². The molecule has 9 unspecified atom stereocenters. The quantitative estimate of drug-likeness (QED) is 0.103. The largest absolute Gasteiger partial charge is 0.415 e. The molecule has 0 aromatic carbocycles. The molecule has 0 radical (unpaired) electrons. The van der Waals surface area contributed by atoms with Crippen molar-refractivity contribution in [2.45, 2.75) is 212 Å². The van der Waals surface area contributed by atoms with Crippen LogP contribution >= 0.6 is 0 Å². The molecule has 2 aliphatic heterocycles. The molecular weight excluding hydrogens is 833 g/mol. The molecule has 0 aliphatic carbocycles. The van der Waals surface area contributed by atoms with Gasteiger partial charge in [-0.2, -0.15) is 0 Å². The Hall–Kier alpha value is 1.30. The van der Waals surface area contributed by atoms with Crippen LogP contribution < -0.4 is 0 Å². The molecular formula is C36H86O11Si8. The molecule has 0 aromatic rings. The van der Waals surface area contributed by atoms with Crippen molar-refractivity contribution in [1.29, 1.82) is 0 Å². The van der Waals surface area contributed by atoms with Gasteiger partial charge in [0.15, 0.2) is 72.8 Å². The first-order chi connectivity index (χ1) is 24.2. The predicted molar refractivity (Wildman–Crippen MR) is 246 cm³/mol. The summed E-state index contributed by atoms with van der Waals surface area (Å²) >= 11 is 0. The van der Waals surface area contributed by atoms with Gasteiger partial charge >= 0.3 is 0 Å². The molecule has 0 amide bonds. The molecule has 0 saturated carbocycles. The Kier molecular flexibility index (Phi) is 17.9. The van der Waals surface area contributed by atoms with Crippen LogP contribution in [0.3, 0.4) is 0 Å². The second-order valence-corrected chi connectivity index (χ2v) is 59.1. The van der Waals surface area contributed by atoms with Gasteiger partial charge in [-0.3, -0.25) is 0 Å². The molecule has 2 fully saturated rings. The van der Waals surface area contributed by atoms with E-state index >= 15 is 0 Å². The Morgan fingerprint density at radius 1 is 0.400 bits per heavy atom. The van der Waals surface area contributed by atoms with Crippen LogP contribution in [0, 0.1) is 0 Å². The molecule has 55 heavy (non-hydrogen) atoms. The summed E-state index contributed by atoms with van der Waals surface area (Å²) < 4.78 is 77.6. The van der Waals surface area contributed by atoms with Gasteiger partial charge in [-0.15, -0.1) is 0 Å². The van der Waals surface area contributed by atoms with E-state index in [1.54, 1.807) is 0 Å². The van der Waals surface area contributed by atoms with Gasteiger partial charge in [-0.05, 0) is 157 Å². The smallest absolute Gasteiger partial charge is 0.210 e. The topological polar surface area (TPSA) is 102 Å². The average Bonchev–Trinajstić information content (AvgIpc) is 3.14. The van der Waals surface area contributed by atoms with E-state index in [1.165, 1.54) is 0 Å². The van der Waals surface area contributed by atoms with E-state index in [4.69, 9.17) is 49.6 Å². The zero-order valence-electron chi connectivity index (χ0n) is 39.7. The van der Waals surface area contributed by atoms with Gasteiger partial charge < -0.3 is 49.6 Å². The van der Waals surface area contributed by atoms with Crippen LogP contribution in [0.1, 0.15) is 0 Å². The molecule has 0 spiro atoms. The molecule has 328 valence electrons. The highest BCUT2D eigenvalue weighted by atomic mass is 28.4. The molecule has 2 rings (SSSR count). The fourth-order valence-corrected chi connectivity index (χ4v) is 13.8. The SMILES string of the molecule is C[Si](C)(C)OCC1OC(OC2C(CO[Si](C)(C)C)OC(CO[Si](C)(C)C)(O[Si](C)(C)C)C2O[Si](C)(C)C)C(O[Si](C)(C)C)C(O[Si](C)(C)C)C1O[Si](C)(C)C. The minimum absolute atomic E-state index is 0.228. The Morgan fingerprint density at radius 3 is 1.20 bits per heavy atom. The van der Waals surface area contributed by atoms with Crippen molar-refractivity contribution in [3.05, 3.63) is 0 Å². The summed E-state index contributed by atoms with van der Waals surface area (Å²) in [5.74, 6) is -1.22. The maximum Gasteiger partial charge on any atom is 0.210 e. The van der Waals surface area contributed by atoms with E-state index in [1.807, 2.05) is 0 Å². The van der Waals surface area contributed by atoms with Crippen molar-refractivity contribution < 1.29 is 49.6 Å². The lowest BCUT2D eigenvalue weighted by molar-refractivity contribution is -0.309. The Bertz CT molecular complexity index is 1190. The predicted octanol–water partition coefficient (Wildman–Crippen LogP) is 9.48. The zero-order chi connectivity index (χ0) is 43.0. The maximum absolute atomic E-state index is 7.46. The molecule has 2 aliphatic rings. The van der Waals surface area contributed by atoms with E-state index in [0.717, 1.165) is 0 Å². The van der Waals surface area contributed by atoms with Crippen LogP contribution in [0.4, 0.5) is 0 Å². The van der Waals surface area contributed by atoms with E-state index in [-0.39, 0.29) is 6.61 Å². The van der Waals surface area contributed by atoms with Gasteiger partial charge in [0, 0.05) is 0 Å². The van der Waals surface area contributed by atoms with Crippen molar-refractivity contribution in [2.75, 3.05) is 19.8 Å². The summed E-state index contributed by atoms with van der Waals surface area (Å²) in [5.41, 5.74) is 0. The van der Waals surface area contributed by atoms with Crippen LogP contribution in [-0.2, 0) is 49.6 Å². The highest BCUT2D eigenvalue weighted by molar-refractivity contribution is 6.72. The second-order valence-electron chi connectivity index (χ2n) is 23.3. The Labute approximate surface area is 346 Å². The molecule has 2 heterocycles. The summed E-state index contributed by atoms with van der Waals surface area (Å²) in [7, 11) is -17.0. The Balaban J connectivity index is 2.93. The maximum atomic E-state index is 7.46. The third kappa shape index (κ3) is 19.7. The molecule has 2 saturated heterocycles. The van der Waals surface area contributed by atoms with Gasteiger partial charge in [-0.25, -0.2) is 0 Å². The minimum Gasteiger partial charge on any atom is -0.415 e. The molecule has 0 aromatic heterocycles. The normalized spacial score (nSPS) is 31.0. The van der Waals surface area contributed by atoms with Crippen LogP contribution in [0.15, 0.2) is 0 Å². The number of hydrogen-bond acceptors (Lipinski definition) is 11. The summed E-state index contributed by atoms with van der Waals surface area (Å²) in [6.07, 6.45) is -4.54. The van der Waals surface area contributed by atoms with E-state index in [2.05, 4.69) is 157 Å². The lowest BCUT2D eigenvalue weighted by Gasteiger charge is -2.51. The van der Waals surface area contributed by atoms with Crippen LogP contribution in [0.5, 0.6) is 0 Å². The van der Waals surface area contributed by atoms with Crippen LogP contribution in [0.2, 0.25) is 157 Å². The lowest BCUT2D eigenvalue weighted by Crippen LogP contribution is -2.67. The molecule has 11 nitrogen and oxygen atoms in total. The summed E-state index contributed by atoms with van der Waals surface area (Å²) in [6, 6.07) is 0. The van der Waals surface area contributed by atoms with Crippen molar-refractivity contribution in [1.82, 2.24) is 0 Å². The van der Waals surface area contributed by atoms with E-state index in [0.29, 0.717) is 13.2 Å². The van der Waals surface area contributed by atoms with Gasteiger partial charge in [0.1, 0.15) is 42.7 Å². The molecule has 19 heteroatoms. The third-order valence-electron chi connectivity index (χ3n) is 7.83. The van der Waals surface area contributed by atoms with E-state index < -0.39 is 121 Å². The molecule has 0 bridgehead atoms. The monoisotopic (exact) mass is 918 g/mol. The molecule has 9 atom stereocenters. The fourth-order valence-electron chi connectivity index (χ4n) is 6.29. The van der Waals surface area contributed by atoms with Crippen molar-refractivity contribution >= 4 is 66.5 Å². The second kappa shape index (κ2) is 18.7. The Morgan fingerprint density at radius 2 is 0.800 bits per heavy atom. The van der Waals surface area contributed by atoms with Crippen LogP contribution in [0.25, 0.3) is 0 Å². The number of hydrogen-bond donors (Lipinski definition) is 0. The summed E-state index contributed by atoms with van der Waals surface area (Å²) in [5, 5.41) is 0. The van der Waals surface area contributed by atoms with Crippen molar-refractivity contribution in [3.8, 4) is 0 Å². The first kappa shape index (κ1) is 52.4. The third-order valence-corrected chi connectivity index (χ3v) is 15.8. The van der Waals surface area contributed by atoms with Gasteiger partial charge in [0.25, 0.3) is 0 Å². The summed E-state index contributed by atoms with van der Waals surface area (Å²) in [4.78, 5) is 0. The summed E-state index contributed by atoms with van der Waals surface area (Å²) in [6.45, 7) is 53.7. The highest BCUT2D eigenvalue weighted by Gasteiger charge is 2.63. The van der Waals surface area contributed by atoms with E-state index in [9.17, 15) is 0 Å². The standard InChI is InChI=1S/C36H86O11Si8/c1-48(2,3)37-25-28-30(43-51(10,11)12)32(44-52(13,14)15)33(45-53(16,17)18)35(40-28)41-31-29(26-38-49(4,5)6)42-36(47-55(22,23)24,27-39-50(7,8)9)34(31)46-54(19,20)21/h28-35H,25-27H2,1-24H3. The highest BCUT2D eigenvalue weighted by Crippen LogP contribution is 2.44. The van der Waals surface area contributed by atoms with Crippen molar-refractivity contribution in [3.63, 3.8) is 0 Å². The first-order valence-corrected chi connectivity index (χ1v) is 47.8. The minimum atomic E-state index is -2.27. The fraction of sp³-hybridized carbons (Fsp3) is 1.00. The average molecular weight is 920 g/mol. The number of rotatable bonds is 21. The van der Waals surface area contributed by atoms with Gasteiger partial charge in [-0.1, -0.05) is 0 Å². The van der Waals surface area contributed by atoms with Crippen molar-refractivity contribution in [2.24, 2.45) is 0 Å². The number of ether oxygens (including phenoxy) is 3. The first-order valence-electron chi connectivity index (χ1n) is 20.5.